The Morgan fingerprint density at radius 3 is 2.50 bits per heavy atom. The number of nitrogens with one attached hydrogen (secondary N) is 1. The largest absolute Gasteiger partial charge is 0.379 e. The summed E-state index contributed by atoms with van der Waals surface area (Å²) in [5.74, 6) is -0.457. The Hall–Kier alpha value is -1.44. The van der Waals surface area contributed by atoms with Crippen LogP contribution in [0.25, 0.3) is 0 Å². The lowest BCUT2D eigenvalue weighted by molar-refractivity contribution is 0.0926. The highest BCUT2D eigenvalue weighted by atomic mass is 32.2. The van der Waals surface area contributed by atoms with Crippen molar-refractivity contribution in [3.05, 3.63) is 35.4 Å². The summed E-state index contributed by atoms with van der Waals surface area (Å²) in [5.41, 5.74) is 1.78. The number of aryl methyl sites for hydroxylation is 1. The number of hydrogen-bond acceptors (Lipinski definition) is 4. The molecule has 0 aliphatic carbocycles. The van der Waals surface area contributed by atoms with Gasteiger partial charge >= 0.3 is 0 Å². The van der Waals surface area contributed by atoms with E-state index in [0.717, 1.165) is 12.8 Å². The minimum Gasteiger partial charge on any atom is -0.379 e. The molecule has 0 aromatic heterocycles. The normalized spacial score (nSPS) is 21.2. The number of nitrogens with zero attached hydrogens (tertiary/aromatic N) is 1. The molecule has 2 unspecified atom stereocenters. The van der Waals surface area contributed by atoms with Crippen LogP contribution in [0.5, 0.6) is 0 Å². The van der Waals surface area contributed by atoms with Crippen LogP contribution >= 0.6 is 0 Å². The van der Waals surface area contributed by atoms with Crippen molar-refractivity contribution in [1.29, 1.82) is 0 Å². The maximum atomic E-state index is 12.4. The first-order valence-electron chi connectivity index (χ1n) is 8.21. The van der Waals surface area contributed by atoms with Gasteiger partial charge in [0.15, 0.2) is 0 Å². The number of hydrogen-bond donors (Lipinski definition) is 1. The van der Waals surface area contributed by atoms with Crippen molar-refractivity contribution in [3.8, 4) is 0 Å². The summed E-state index contributed by atoms with van der Waals surface area (Å²) in [4.78, 5) is 12.4. The second-order valence-electron chi connectivity index (χ2n) is 6.39. The molecule has 7 heteroatoms. The number of amides is 1. The zero-order chi connectivity index (χ0) is 17.7. The molecule has 0 saturated carbocycles. The van der Waals surface area contributed by atoms with E-state index in [9.17, 15) is 13.2 Å². The number of sulfonamides is 1. The first-order chi connectivity index (χ1) is 11.3. The van der Waals surface area contributed by atoms with Gasteiger partial charge in [-0.05, 0) is 24.1 Å². The van der Waals surface area contributed by atoms with Crippen molar-refractivity contribution in [3.63, 3.8) is 0 Å². The Morgan fingerprint density at radius 1 is 1.25 bits per heavy atom. The molecule has 0 bridgehead atoms. The molecule has 0 radical (unpaired) electrons. The molecule has 1 aliphatic rings. The second kappa shape index (κ2) is 8.09. The van der Waals surface area contributed by atoms with Gasteiger partial charge < -0.3 is 10.1 Å². The molecule has 24 heavy (non-hydrogen) atoms. The summed E-state index contributed by atoms with van der Waals surface area (Å²) in [6, 6.07) is 7.24. The van der Waals surface area contributed by atoms with E-state index in [2.05, 4.69) is 12.2 Å². The van der Waals surface area contributed by atoms with Gasteiger partial charge in [0.2, 0.25) is 10.0 Å². The number of carbonyl (C=O) groups excluding carboxylic acids is 1. The maximum absolute atomic E-state index is 12.4. The van der Waals surface area contributed by atoms with E-state index < -0.39 is 10.0 Å². The Bertz CT molecular complexity index is 656. The predicted molar refractivity (Wildman–Crippen MR) is 93.5 cm³/mol. The standard InChI is InChI=1S/C17H26N2O4S/c1-4-5-13-6-8-14(9-7-13)17(20)18-16-11-23-10-15(16)12-24(21,22)19(2)3/h6-9,15-16H,4-5,10-12H2,1-3H3,(H,18,20). The Morgan fingerprint density at radius 2 is 1.92 bits per heavy atom. The third kappa shape index (κ3) is 4.78. The summed E-state index contributed by atoms with van der Waals surface area (Å²) in [6.07, 6.45) is 2.05. The minimum atomic E-state index is -3.32. The van der Waals surface area contributed by atoms with Crippen LogP contribution in [0.4, 0.5) is 0 Å². The fraction of sp³-hybridized carbons (Fsp3) is 0.588. The van der Waals surface area contributed by atoms with E-state index in [-0.39, 0.29) is 23.6 Å². The summed E-state index contributed by atoms with van der Waals surface area (Å²) in [7, 11) is -0.304. The molecule has 1 amide bonds. The van der Waals surface area contributed by atoms with Gasteiger partial charge in [-0.2, -0.15) is 0 Å². The van der Waals surface area contributed by atoms with Gasteiger partial charge in [0.05, 0.1) is 25.0 Å². The average molecular weight is 354 g/mol. The molecule has 6 nitrogen and oxygen atoms in total. The second-order valence-corrected chi connectivity index (χ2v) is 8.61. The van der Waals surface area contributed by atoms with E-state index >= 15 is 0 Å². The lowest BCUT2D eigenvalue weighted by Gasteiger charge is -2.21. The van der Waals surface area contributed by atoms with Crippen LogP contribution < -0.4 is 5.32 Å². The highest BCUT2D eigenvalue weighted by Gasteiger charge is 2.34. The van der Waals surface area contributed by atoms with E-state index in [4.69, 9.17) is 4.74 Å². The summed E-state index contributed by atoms with van der Waals surface area (Å²) in [5, 5.41) is 2.91. The summed E-state index contributed by atoms with van der Waals surface area (Å²) in [6.45, 7) is 2.80. The van der Waals surface area contributed by atoms with Gasteiger partial charge in [-0.15, -0.1) is 0 Å². The first-order valence-corrected chi connectivity index (χ1v) is 9.82. The van der Waals surface area contributed by atoms with Crippen molar-refractivity contribution in [2.24, 2.45) is 5.92 Å². The van der Waals surface area contributed by atoms with Crippen LogP contribution in [0.2, 0.25) is 0 Å². The fourth-order valence-corrected chi connectivity index (χ4v) is 3.87. The van der Waals surface area contributed by atoms with Crippen molar-refractivity contribution in [2.75, 3.05) is 33.1 Å². The Labute approximate surface area is 144 Å². The molecule has 2 atom stereocenters. The number of ether oxygens (including phenoxy) is 1. The van der Waals surface area contributed by atoms with Crippen LogP contribution in [0.1, 0.15) is 29.3 Å². The number of carbonyl (C=O) groups is 1. The fourth-order valence-electron chi connectivity index (χ4n) is 2.71. The van der Waals surface area contributed by atoms with Crippen LogP contribution in [0, 0.1) is 5.92 Å². The quantitative estimate of drug-likeness (QED) is 0.800. The number of benzene rings is 1. The van der Waals surface area contributed by atoms with E-state index in [0.29, 0.717) is 18.8 Å². The van der Waals surface area contributed by atoms with Gasteiger partial charge in [0.1, 0.15) is 0 Å². The van der Waals surface area contributed by atoms with Gasteiger partial charge in [0.25, 0.3) is 5.91 Å². The van der Waals surface area contributed by atoms with Crippen LogP contribution in [-0.2, 0) is 21.2 Å². The minimum absolute atomic E-state index is 0.0274. The zero-order valence-electron chi connectivity index (χ0n) is 14.5. The molecular formula is C17H26N2O4S. The monoisotopic (exact) mass is 354 g/mol. The highest BCUT2D eigenvalue weighted by Crippen LogP contribution is 2.18. The summed E-state index contributed by atoms with van der Waals surface area (Å²) < 4.78 is 30.7. The lowest BCUT2D eigenvalue weighted by Crippen LogP contribution is -2.43. The maximum Gasteiger partial charge on any atom is 0.251 e. The van der Waals surface area contributed by atoms with Crippen molar-refractivity contribution >= 4 is 15.9 Å². The van der Waals surface area contributed by atoms with E-state index in [1.807, 2.05) is 24.3 Å². The van der Waals surface area contributed by atoms with E-state index in [1.54, 1.807) is 0 Å². The molecule has 1 N–H and O–H groups in total. The van der Waals surface area contributed by atoms with Crippen molar-refractivity contribution in [2.45, 2.75) is 25.8 Å². The zero-order valence-corrected chi connectivity index (χ0v) is 15.3. The molecule has 0 spiro atoms. The summed E-state index contributed by atoms with van der Waals surface area (Å²) >= 11 is 0. The predicted octanol–water partition coefficient (Wildman–Crippen LogP) is 1.28. The Balaban J connectivity index is 1.99. The lowest BCUT2D eigenvalue weighted by atomic mass is 10.0. The number of rotatable bonds is 7. The van der Waals surface area contributed by atoms with Gasteiger partial charge in [-0.3, -0.25) is 4.79 Å². The Kier molecular flexibility index (Phi) is 6.37. The molecule has 1 heterocycles. The van der Waals surface area contributed by atoms with Crippen LogP contribution in [-0.4, -0.2) is 57.7 Å². The SMILES string of the molecule is CCCc1ccc(C(=O)NC2COCC2CS(=O)(=O)N(C)C)cc1. The third-order valence-corrected chi connectivity index (χ3v) is 6.21. The third-order valence-electron chi connectivity index (χ3n) is 4.25. The molecule has 1 fully saturated rings. The van der Waals surface area contributed by atoms with Gasteiger partial charge in [-0.25, -0.2) is 12.7 Å². The van der Waals surface area contributed by atoms with Crippen molar-refractivity contribution in [1.82, 2.24) is 9.62 Å². The first kappa shape index (κ1) is 18.9. The topological polar surface area (TPSA) is 75.7 Å². The molecule has 2 rings (SSSR count). The van der Waals surface area contributed by atoms with Gasteiger partial charge in [-0.1, -0.05) is 25.5 Å². The molecule has 134 valence electrons. The smallest absolute Gasteiger partial charge is 0.251 e. The molecule has 1 aliphatic heterocycles. The van der Waals surface area contributed by atoms with Crippen molar-refractivity contribution < 1.29 is 17.9 Å². The average Bonchev–Trinajstić information content (AvgIpc) is 2.94. The molecule has 1 aromatic rings. The highest BCUT2D eigenvalue weighted by molar-refractivity contribution is 7.89. The van der Waals surface area contributed by atoms with Crippen LogP contribution in [0.15, 0.2) is 24.3 Å². The van der Waals surface area contributed by atoms with Gasteiger partial charge in [0, 0.05) is 25.6 Å². The van der Waals surface area contributed by atoms with E-state index in [1.165, 1.54) is 24.0 Å². The molecular weight excluding hydrogens is 328 g/mol. The molecule has 1 saturated heterocycles. The van der Waals surface area contributed by atoms with Crippen LogP contribution in [0.3, 0.4) is 0 Å². The molecule has 1 aromatic carbocycles.